The lowest BCUT2D eigenvalue weighted by Gasteiger charge is -2.28. The third-order valence-electron chi connectivity index (χ3n) is 7.99. The highest BCUT2D eigenvalue weighted by atomic mass is 16.6. The summed E-state index contributed by atoms with van der Waals surface area (Å²) in [5.74, 6) is 1.36. The zero-order valence-corrected chi connectivity index (χ0v) is 26.5. The van der Waals surface area contributed by atoms with Crippen LogP contribution in [-0.4, -0.2) is 59.0 Å². The summed E-state index contributed by atoms with van der Waals surface area (Å²) in [5, 5.41) is 11.6. The minimum absolute atomic E-state index is 0.0701. The smallest absolute Gasteiger partial charge is 0.417 e. The van der Waals surface area contributed by atoms with Crippen LogP contribution in [-0.2, 0) is 27.1 Å². The Labute approximate surface area is 269 Å². The van der Waals surface area contributed by atoms with Crippen LogP contribution in [0.3, 0.4) is 0 Å². The number of rotatable bonds is 14. The van der Waals surface area contributed by atoms with Gasteiger partial charge in [-0.1, -0.05) is 54.6 Å². The van der Waals surface area contributed by atoms with E-state index in [1.54, 1.807) is 18.2 Å². The molecule has 3 atom stereocenters. The van der Waals surface area contributed by atoms with Crippen molar-refractivity contribution in [2.45, 2.75) is 58.3 Å². The highest BCUT2D eigenvalue weighted by molar-refractivity contribution is 5.96. The molecule has 0 aliphatic carbocycles. The summed E-state index contributed by atoms with van der Waals surface area (Å²) in [6.07, 6.45) is -0.303. The number of imide groups is 1. The molecule has 1 aromatic heterocycles. The molecule has 0 saturated carbocycles. The number of aromatic nitrogens is 1. The Hall–Kier alpha value is -4.73. The van der Waals surface area contributed by atoms with Crippen LogP contribution in [0.1, 0.15) is 46.2 Å². The molecular formula is C37H40N2O7. The standard InChI is InChI=1S/C37H40N2O7/c1-5-6-18-43-34(36(41)39-30(23-45-37(39)42)22-27-13-9-7-10-14-27)32(40)29-20-24(2)33(25(3)21-29)44-19-17-31-26(4)46-35(38-31)28-15-11-8-12-16-28/h5,7-16,20-21,30,32,34,40H,1,6,17-19,22-23H2,2-4H3/t30?,32-,34+/m1/s1. The van der Waals surface area contributed by atoms with Crippen LogP contribution in [0.4, 0.5) is 4.79 Å². The normalized spacial score (nSPS) is 15.8. The molecule has 3 aromatic carbocycles. The van der Waals surface area contributed by atoms with Gasteiger partial charge in [0.25, 0.3) is 5.91 Å². The number of carbonyl (C=O) groups excluding carboxylic acids is 2. The van der Waals surface area contributed by atoms with E-state index in [1.165, 1.54) is 0 Å². The van der Waals surface area contributed by atoms with E-state index in [0.29, 0.717) is 43.1 Å². The Morgan fingerprint density at radius 1 is 1.07 bits per heavy atom. The van der Waals surface area contributed by atoms with Crippen molar-refractivity contribution in [3.63, 3.8) is 0 Å². The minimum Gasteiger partial charge on any atom is -0.493 e. The van der Waals surface area contributed by atoms with Crippen molar-refractivity contribution in [1.82, 2.24) is 9.88 Å². The first-order chi connectivity index (χ1) is 22.3. The van der Waals surface area contributed by atoms with Gasteiger partial charge in [0.15, 0.2) is 6.10 Å². The highest BCUT2D eigenvalue weighted by Gasteiger charge is 2.43. The fourth-order valence-corrected chi connectivity index (χ4v) is 5.65. The van der Waals surface area contributed by atoms with E-state index in [0.717, 1.165) is 38.6 Å². The predicted octanol–water partition coefficient (Wildman–Crippen LogP) is 6.47. The molecule has 1 N–H and O–H groups in total. The average Bonchev–Trinajstić information content (AvgIpc) is 3.62. The Bertz CT molecular complexity index is 1630. The Morgan fingerprint density at radius 2 is 1.74 bits per heavy atom. The summed E-state index contributed by atoms with van der Waals surface area (Å²) < 4.78 is 23.3. The molecule has 2 heterocycles. The van der Waals surface area contributed by atoms with Gasteiger partial charge in [-0.15, -0.1) is 6.58 Å². The summed E-state index contributed by atoms with van der Waals surface area (Å²) in [6.45, 7) is 9.97. The van der Waals surface area contributed by atoms with Crippen LogP contribution in [0.25, 0.3) is 11.5 Å². The molecule has 240 valence electrons. The van der Waals surface area contributed by atoms with Gasteiger partial charge in [0.1, 0.15) is 24.2 Å². The second-order valence-corrected chi connectivity index (χ2v) is 11.4. The number of aliphatic hydroxyl groups is 1. The summed E-state index contributed by atoms with van der Waals surface area (Å²) >= 11 is 0. The molecule has 1 aliphatic rings. The van der Waals surface area contributed by atoms with Gasteiger partial charge in [0.05, 0.1) is 24.9 Å². The molecule has 5 rings (SSSR count). The maximum Gasteiger partial charge on any atom is 0.417 e. The molecule has 9 heteroatoms. The third-order valence-corrected chi connectivity index (χ3v) is 7.99. The van der Waals surface area contributed by atoms with Gasteiger partial charge in [-0.3, -0.25) is 4.79 Å². The van der Waals surface area contributed by atoms with Crippen molar-refractivity contribution < 1.29 is 33.3 Å². The van der Waals surface area contributed by atoms with E-state index in [9.17, 15) is 14.7 Å². The monoisotopic (exact) mass is 624 g/mol. The summed E-state index contributed by atoms with van der Waals surface area (Å²) in [7, 11) is 0. The molecule has 2 amide bonds. The van der Waals surface area contributed by atoms with Crippen LogP contribution in [0.2, 0.25) is 0 Å². The van der Waals surface area contributed by atoms with Crippen molar-refractivity contribution in [3.8, 4) is 17.2 Å². The van der Waals surface area contributed by atoms with E-state index in [1.807, 2.05) is 81.4 Å². The first kappa shape index (κ1) is 32.7. The topological polar surface area (TPSA) is 111 Å². The first-order valence-corrected chi connectivity index (χ1v) is 15.5. The number of carbonyl (C=O) groups is 2. The molecule has 1 saturated heterocycles. The van der Waals surface area contributed by atoms with Crippen molar-refractivity contribution >= 4 is 12.0 Å². The van der Waals surface area contributed by atoms with E-state index in [2.05, 4.69) is 11.6 Å². The molecule has 1 aliphatic heterocycles. The van der Waals surface area contributed by atoms with Crippen LogP contribution in [0.15, 0.2) is 89.9 Å². The predicted molar refractivity (Wildman–Crippen MR) is 173 cm³/mol. The lowest BCUT2D eigenvalue weighted by atomic mass is 9.97. The number of hydrogen-bond acceptors (Lipinski definition) is 8. The molecule has 1 unspecified atom stereocenters. The number of amides is 2. The van der Waals surface area contributed by atoms with Crippen molar-refractivity contribution in [3.05, 3.63) is 119 Å². The summed E-state index contributed by atoms with van der Waals surface area (Å²) in [5.41, 5.74) is 4.76. The SMILES string of the molecule is C=CCCO[C@H](C(=O)N1C(=O)OCC1Cc1ccccc1)[C@H](O)c1cc(C)c(OCCc2nc(-c3ccccc3)oc2C)c(C)c1. The Morgan fingerprint density at radius 3 is 2.41 bits per heavy atom. The third kappa shape index (κ3) is 7.55. The number of cyclic esters (lactones) is 1. The number of ether oxygens (including phenoxy) is 3. The van der Waals surface area contributed by atoms with Gasteiger partial charge >= 0.3 is 6.09 Å². The molecule has 0 bridgehead atoms. The maximum atomic E-state index is 13.9. The number of aryl methyl sites for hydroxylation is 3. The van der Waals surface area contributed by atoms with Crippen molar-refractivity contribution in [1.29, 1.82) is 0 Å². The van der Waals surface area contributed by atoms with Gasteiger partial charge in [-0.2, -0.15) is 0 Å². The zero-order chi connectivity index (χ0) is 32.6. The van der Waals surface area contributed by atoms with Gasteiger partial charge in [-0.25, -0.2) is 14.7 Å². The minimum atomic E-state index is -1.34. The lowest BCUT2D eigenvalue weighted by molar-refractivity contribution is -0.150. The van der Waals surface area contributed by atoms with Crippen LogP contribution in [0, 0.1) is 20.8 Å². The summed E-state index contributed by atoms with van der Waals surface area (Å²) in [6, 6.07) is 22.4. The van der Waals surface area contributed by atoms with Gasteiger partial charge in [-0.05, 0) is 80.1 Å². The van der Waals surface area contributed by atoms with E-state index in [-0.39, 0.29) is 13.2 Å². The van der Waals surface area contributed by atoms with Gasteiger partial charge in [0.2, 0.25) is 5.89 Å². The van der Waals surface area contributed by atoms with Crippen LogP contribution in [0.5, 0.6) is 5.75 Å². The van der Waals surface area contributed by atoms with Gasteiger partial charge in [0, 0.05) is 12.0 Å². The fourth-order valence-electron chi connectivity index (χ4n) is 5.65. The molecule has 0 spiro atoms. The largest absolute Gasteiger partial charge is 0.493 e. The van der Waals surface area contributed by atoms with E-state index < -0.39 is 30.3 Å². The summed E-state index contributed by atoms with van der Waals surface area (Å²) in [4.78, 5) is 32.4. The molecule has 1 fully saturated rings. The Balaban J connectivity index is 1.30. The lowest BCUT2D eigenvalue weighted by Crippen LogP contribution is -2.48. The second-order valence-electron chi connectivity index (χ2n) is 11.4. The van der Waals surface area contributed by atoms with Crippen LogP contribution >= 0.6 is 0 Å². The second kappa shape index (κ2) is 15.0. The number of oxazole rings is 1. The number of aliphatic hydroxyl groups excluding tert-OH is 1. The molecule has 9 nitrogen and oxygen atoms in total. The quantitative estimate of drug-likeness (QED) is 0.126. The molecular weight excluding hydrogens is 584 g/mol. The number of hydrogen-bond donors (Lipinski definition) is 1. The van der Waals surface area contributed by atoms with Crippen molar-refractivity contribution in [2.75, 3.05) is 19.8 Å². The maximum absolute atomic E-state index is 13.9. The molecule has 4 aromatic rings. The van der Waals surface area contributed by atoms with Crippen LogP contribution < -0.4 is 4.74 Å². The number of benzene rings is 3. The molecule has 46 heavy (non-hydrogen) atoms. The zero-order valence-electron chi connectivity index (χ0n) is 26.5. The van der Waals surface area contributed by atoms with Crippen molar-refractivity contribution in [2.24, 2.45) is 0 Å². The first-order valence-electron chi connectivity index (χ1n) is 15.5. The average molecular weight is 625 g/mol. The molecule has 0 radical (unpaired) electrons. The van der Waals surface area contributed by atoms with E-state index in [4.69, 9.17) is 18.6 Å². The fraction of sp³-hybridized carbons (Fsp3) is 0.324. The van der Waals surface area contributed by atoms with Gasteiger partial charge < -0.3 is 23.7 Å². The Kier molecular flexibility index (Phi) is 10.7. The highest BCUT2D eigenvalue weighted by Crippen LogP contribution is 2.32. The number of nitrogens with zero attached hydrogens (tertiary/aromatic N) is 2. The van der Waals surface area contributed by atoms with E-state index >= 15 is 0 Å².